The average molecular weight is 562 g/mol. The molecule has 30 heavy (non-hydrogen) atoms. The zero-order valence-electron chi connectivity index (χ0n) is 15.1. The molecule has 2 rings (SSSR count). The van der Waals surface area contributed by atoms with E-state index in [1.54, 1.807) is 0 Å². The molecule has 2 N–H and O–H groups in total. The number of benzene rings is 2. The predicted molar refractivity (Wildman–Crippen MR) is 106 cm³/mol. The largest absolute Gasteiger partial charge is 0.417 e. The summed E-state index contributed by atoms with van der Waals surface area (Å²) in [6, 6.07) is 2.81. The molecule has 0 bridgehead atoms. The average Bonchev–Trinajstić information content (AvgIpc) is 2.55. The lowest BCUT2D eigenvalue weighted by atomic mass is 9.93. The summed E-state index contributed by atoms with van der Waals surface area (Å²) in [6.45, 7) is 2.15. The number of alkyl halides is 6. The van der Waals surface area contributed by atoms with Crippen LogP contribution in [0.1, 0.15) is 25.0 Å². The second kappa shape index (κ2) is 8.58. The van der Waals surface area contributed by atoms with E-state index < -0.39 is 46.4 Å². The molecule has 0 saturated heterocycles. The Bertz CT molecular complexity index is 938. The Balaban J connectivity index is 2.88. The van der Waals surface area contributed by atoms with Crippen molar-refractivity contribution in [2.45, 2.75) is 26.2 Å². The van der Waals surface area contributed by atoms with Crippen LogP contribution in [0.15, 0.2) is 33.2 Å². The molecule has 12 heteroatoms. The van der Waals surface area contributed by atoms with E-state index in [9.17, 15) is 35.9 Å². The maximum Gasteiger partial charge on any atom is 0.417 e. The molecule has 2 aromatic rings. The van der Waals surface area contributed by atoms with Gasteiger partial charge in [-0.15, -0.1) is 0 Å². The summed E-state index contributed by atoms with van der Waals surface area (Å²) in [5, 5.41) is 4.37. The fourth-order valence-electron chi connectivity index (χ4n) is 2.63. The fourth-order valence-corrected chi connectivity index (χ4v) is 3.52. The molecule has 0 unspecified atom stereocenters. The fraction of sp³-hybridized carbons (Fsp3) is 0.222. The Labute approximate surface area is 183 Å². The van der Waals surface area contributed by atoms with Crippen LogP contribution in [0.5, 0.6) is 0 Å². The van der Waals surface area contributed by atoms with Gasteiger partial charge >= 0.3 is 12.4 Å². The van der Waals surface area contributed by atoms with Crippen LogP contribution in [0.3, 0.4) is 0 Å². The first kappa shape index (κ1) is 24.2. The minimum Gasteiger partial charge on any atom is -0.325 e. The third kappa shape index (κ3) is 5.54. The Morgan fingerprint density at radius 2 is 1.00 bits per heavy atom. The summed E-state index contributed by atoms with van der Waals surface area (Å²) in [4.78, 5) is 22.5. The molecule has 0 aromatic heterocycles. The number of halogens is 8. The summed E-state index contributed by atoms with van der Waals surface area (Å²) in [5.41, 5.74) is -4.77. The third-order valence-electron chi connectivity index (χ3n) is 3.74. The summed E-state index contributed by atoms with van der Waals surface area (Å²) in [7, 11) is 0. The van der Waals surface area contributed by atoms with Crippen molar-refractivity contribution in [1.82, 2.24) is 0 Å². The molecular weight excluding hydrogens is 550 g/mol. The lowest BCUT2D eigenvalue weighted by Gasteiger charge is -2.21. The topological polar surface area (TPSA) is 58.2 Å². The van der Waals surface area contributed by atoms with Gasteiger partial charge in [-0.2, -0.15) is 26.3 Å². The predicted octanol–water partition coefficient (Wildman–Crippen LogP) is 6.83. The van der Waals surface area contributed by atoms with Crippen molar-refractivity contribution < 1.29 is 35.9 Å². The van der Waals surface area contributed by atoms with Crippen molar-refractivity contribution in [3.63, 3.8) is 0 Å². The summed E-state index contributed by atoms with van der Waals surface area (Å²) >= 11 is 5.97. The van der Waals surface area contributed by atoms with E-state index >= 15 is 0 Å². The van der Waals surface area contributed by atoms with Crippen LogP contribution in [0.2, 0.25) is 0 Å². The van der Waals surface area contributed by atoms with Crippen molar-refractivity contribution in [1.29, 1.82) is 0 Å². The lowest BCUT2D eigenvalue weighted by Crippen LogP contribution is -2.15. The quantitative estimate of drug-likeness (QED) is 0.403. The Hall–Kier alpha value is -2.08. The van der Waals surface area contributed by atoms with Gasteiger partial charge in [-0.05, 0) is 67.3 Å². The molecule has 0 aliphatic heterocycles. The number of carbonyl (C=O) groups excluding carboxylic acids is 2. The number of amides is 2. The SMILES string of the molecule is CC(=O)Nc1cc(C(F)(F)F)c(-c2cc(Br)c(NC(C)=O)cc2C(F)(F)F)cc1Br. The molecule has 2 amide bonds. The molecule has 0 aliphatic carbocycles. The molecule has 162 valence electrons. The molecule has 2 aromatic carbocycles. The minimum atomic E-state index is -5.02. The van der Waals surface area contributed by atoms with E-state index in [1.807, 2.05) is 0 Å². The third-order valence-corrected chi connectivity index (χ3v) is 5.05. The molecule has 0 saturated carbocycles. The minimum absolute atomic E-state index is 0.0455. The molecular formula is C18H12Br2F6N2O2. The molecule has 4 nitrogen and oxygen atoms in total. The van der Waals surface area contributed by atoms with E-state index in [1.165, 1.54) is 0 Å². The van der Waals surface area contributed by atoms with E-state index in [2.05, 4.69) is 42.5 Å². The van der Waals surface area contributed by atoms with Gasteiger partial charge in [-0.25, -0.2) is 0 Å². The highest BCUT2D eigenvalue weighted by atomic mass is 79.9. The van der Waals surface area contributed by atoms with Crippen LogP contribution in [0.4, 0.5) is 37.7 Å². The maximum absolute atomic E-state index is 13.7. The standard InChI is InChI=1S/C18H12Br2F6N2O2/c1-7(29)27-15-5-11(17(21,22)23)9(3-13(15)19)10-4-14(20)16(28-8(2)30)6-12(10)18(24,25)26/h3-6H,1-2H3,(H,27,29)(H,28,30). The van der Waals surface area contributed by atoms with Gasteiger partial charge in [0.05, 0.1) is 22.5 Å². The van der Waals surface area contributed by atoms with Gasteiger partial charge < -0.3 is 10.6 Å². The first-order valence-electron chi connectivity index (χ1n) is 7.98. The number of hydrogen-bond acceptors (Lipinski definition) is 2. The molecule has 0 aliphatic rings. The van der Waals surface area contributed by atoms with Crippen LogP contribution in [0, 0.1) is 0 Å². The second-order valence-electron chi connectivity index (χ2n) is 6.11. The first-order valence-corrected chi connectivity index (χ1v) is 9.57. The van der Waals surface area contributed by atoms with Gasteiger partial charge in [0.1, 0.15) is 0 Å². The summed E-state index contributed by atoms with van der Waals surface area (Å²) in [5.74, 6) is -1.31. The van der Waals surface area contributed by atoms with Gasteiger partial charge in [0.25, 0.3) is 0 Å². The monoisotopic (exact) mass is 560 g/mol. The summed E-state index contributed by atoms with van der Waals surface area (Å²) in [6.07, 6.45) is -10.0. The van der Waals surface area contributed by atoms with E-state index in [0.717, 1.165) is 26.0 Å². The van der Waals surface area contributed by atoms with Gasteiger partial charge in [0.2, 0.25) is 11.8 Å². The normalized spacial score (nSPS) is 11.9. The molecule has 0 fully saturated rings. The highest BCUT2D eigenvalue weighted by Gasteiger charge is 2.39. The first-order chi connectivity index (χ1) is 13.6. The van der Waals surface area contributed by atoms with Gasteiger partial charge in [0, 0.05) is 22.8 Å². The Kier molecular flexibility index (Phi) is 6.92. The van der Waals surface area contributed by atoms with E-state index in [0.29, 0.717) is 12.1 Å². The molecule has 0 heterocycles. The second-order valence-corrected chi connectivity index (χ2v) is 7.82. The zero-order valence-corrected chi connectivity index (χ0v) is 18.3. The van der Waals surface area contributed by atoms with Crippen molar-refractivity contribution in [2.75, 3.05) is 10.6 Å². The maximum atomic E-state index is 13.7. The highest BCUT2D eigenvalue weighted by Crippen LogP contribution is 2.47. The number of rotatable bonds is 3. The van der Waals surface area contributed by atoms with Gasteiger partial charge in [-0.1, -0.05) is 0 Å². The summed E-state index contributed by atoms with van der Waals surface area (Å²) < 4.78 is 82.0. The van der Waals surface area contributed by atoms with Crippen molar-refractivity contribution in [3.8, 4) is 11.1 Å². The van der Waals surface area contributed by atoms with Gasteiger partial charge in [-0.3, -0.25) is 9.59 Å². The van der Waals surface area contributed by atoms with Crippen molar-refractivity contribution >= 4 is 55.0 Å². The lowest BCUT2D eigenvalue weighted by molar-refractivity contribution is -0.139. The smallest absolute Gasteiger partial charge is 0.325 e. The Morgan fingerprint density at radius 1 is 0.700 bits per heavy atom. The zero-order chi connectivity index (χ0) is 23.0. The number of anilines is 2. The number of hydrogen-bond donors (Lipinski definition) is 2. The number of carbonyl (C=O) groups is 2. The highest BCUT2D eigenvalue weighted by molar-refractivity contribution is 9.11. The van der Waals surface area contributed by atoms with Crippen molar-refractivity contribution in [3.05, 3.63) is 44.3 Å². The van der Waals surface area contributed by atoms with Crippen LogP contribution >= 0.6 is 31.9 Å². The Morgan fingerprint density at radius 3 is 1.23 bits per heavy atom. The van der Waals surface area contributed by atoms with E-state index in [4.69, 9.17) is 0 Å². The van der Waals surface area contributed by atoms with Crippen molar-refractivity contribution in [2.24, 2.45) is 0 Å². The molecule has 0 atom stereocenters. The van der Waals surface area contributed by atoms with Gasteiger partial charge in [0.15, 0.2) is 0 Å². The van der Waals surface area contributed by atoms with Crippen LogP contribution < -0.4 is 10.6 Å². The van der Waals surface area contributed by atoms with Crippen LogP contribution in [-0.4, -0.2) is 11.8 Å². The van der Waals surface area contributed by atoms with Crippen LogP contribution in [-0.2, 0) is 21.9 Å². The van der Waals surface area contributed by atoms with Crippen LogP contribution in [0.25, 0.3) is 11.1 Å². The molecule has 0 spiro atoms. The molecule has 0 radical (unpaired) electrons. The van der Waals surface area contributed by atoms with E-state index in [-0.39, 0.29) is 20.3 Å². The number of nitrogens with one attached hydrogen (secondary N) is 2.